The smallest absolute Gasteiger partial charge is 0.196 e. The molecule has 0 N–H and O–H groups in total. The SMILES string of the molecule is Clc1cccc(CSc2nnc(C3CC3)n2-c2ccccc2)c1. The molecular weight excluding hydrogens is 326 g/mol. The number of hydrogen-bond donors (Lipinski definition) is 0. The molecule has 0 unspecified atom stereocenters. The monoisotopic (exact) mass is 341 g/mol. The Morgan fingerprint density at radius 3 is 2.61 bits per heavy atom. The number of halogens is 1. The maximum absolute atomic E-state index is 6.07. The second-order valence-corrected chi connectivity index (χ2v) is 7.08. The summed E-state index contributed by atoms with van der Waals surface area (Å²) in [6, 6.07) is 18.3. The predicted molar refractivity (Wildman–Crippen MR) is 94.3 cm³/mol. The number of rotatable bonds is 5. The first-order valence-corrected chi connectivity index (χ1v) is 9.05. The van der Waals surface area contributed by atoms with Crippen LogP contribution in [0.15, 0.2) is 59.8 Å². The van der Waals surface area contributed by atoms with Crippen molar-refractivity contribution in [1.82, 2.24) is 14.8 Å². The van der Waals surface area contributed by atoms with Gasteiger partial charge in [-0.15, -0.1) is 10.2 Å². The quantitative estimate of drug-likeness (QED) is 0.605. The highest BCUT2D eigenvalue weighted by molar-refractivity contribution is 7.98. The van der Waals surface area contributed by atoms with Crippen LogP contribution in [0.1, 0.15) is 30.1 Å². The summed E-state index contributed by atoms with van der Waals surface area (Å²) in [5.74, 6) is 2.48. The molecule has 1 aliphatic carbocycles. The van der Waals surface area contributed by atoms with Crippen LogP contribution in [0.3, 0.4) is 0 Å². The number of benzene rings is 2. The van der Waals surface area contributed by atoms with Gasteiger partial charge in [0.2, 0.25) is 0 Å². The summed E-state index contributed by atoms with van der Waals surface area (Å²) < 4.78 is 2.20. The van der Waals surface area contributed by atoms with Crippen molar-refractivity contribution in [3.05, 3.63) is 71.0 Å². The van der Waals surface area contributed by atoms with Crippen LogP contribution in [0.25, 0.3) is 5.69 Å². The number of hydrogen-bond acceptors (Lipinski definition) is 3. The molecule has 0 bridgehead atoms. The third kappa shape index (κ3) is 3.28. The van der Waals surface area contributed by atoms with E-state index in [0.29, 0.717) is 5.92 Å². The molecule has 0 saturated heterocycles. The van der Waals surface area contributed by atoms with Crippen molar-refractivity contribution in [2.75, 3.05) is 0 Å². The second-order valence-electron chi connectivity index (χ2n) is 5.70. The van der Waals surface area contributed by atoms with Gasteiger partial charge in [-0.1, -0.05) is 53.7 Å². The Balaban J connectivity index is 1.63. The van der Waals surface area contributed by atoms with Gasteiger partial charge in [0.15, 0.2) is 5.16 Å². The fraction of sp³-hybridized carbons (Fsp3) is 0.222. The van der Waals surface area contributed by atoms with Gasteiger partial charge in [-0.2, -0.15) is 0 Å². The van der Waals surface area contributed by atoms with Crippen molar-refractivity contribution in [3.63, 3.8) is 0 Å². The van der Waals surface area contributed by atoms with Crippen LogP contribution in [-0.2, 0) is 5.75 Å². The van der Waals surface area contributed by atoms with Crippen molar-refractivity contribution in [2.24, 2.45) is 0 Å². The Bertz CT molecular complexity index is 812. The number of aromatic nitrogens is 3. The maximum atomic E-state index is 6.07. The Morgan fingerprint density at radius 2 is 1.87 bits per heavy atom. The van der Waals surface area contributed by atoms with E-state index in [4.69, 9.17) is 11.6 Å². The van der Waals surface area contributed by atoms with Gasteiger partial charge >= 0.3 is 0 Å². The number of nitrogens with zero attached hydrogens (tertiary/aromatic N) is 3. The lowest BCUT2D eigenvalue weighted by molar-refractivity contribution is 0.829. The predicted octanol–water partition coefficient (Wildman–Crippen LogP) is 5.09. The van der Waals surface area contributed by atoms with Crippen LogP contribution in [0.4, 0.5) is 0 Å². The molecule has 0 atom stereocenters. The largest absolute Gasteiger partial charge is 0.274 e. The Morgan fingerprint density at radius 1 is 1.04 bits per heavy atom. The zero-order valence-electron chi connectivity index (χ0n) is 12.5. The third-order valence-electron chi connectivity index (χ3n) is 3.87. The molecule has 2 aromatic carbocycles. The van der Waals surface area contributed by atoms with Gasteiger partial charge in [0.05, 0.1) is 0 Å². The normalized spacial score (nSPS) is 14.1. The maximum Gasteiger partial charge on any atom is 0.196 e. The number of thioether (sulfide) groups is 1. The second kappa shape index (κ2) is 6.38. The fourth-order valence-electron chi connectivity index (χ4n) is 2.58. The molecule has 0 radical (unpaired) electrons. The van der Waals surface area contributed by atoms with Gasteiger partial charge in [0.25, 0.3) is 0 Å². The number of para-hydroxylation sites is 1. The minimum atomic E-state index is 0.559. The molecule has 1 heterocycles. The van der Waals surface area contributed by atoms with Crippen molar-refractivity contribution >= 4 is 23.4 Å². The molecule has 0 amide bonds. The minimum Gasteiger partial charge on any atom is -0.274 e. The van der Waals surface area contributed by atoms with Gasteiger partial charge in [-0.3, -0.25) is 4.57 Å². The molecule has 1 aliphatic rings. The summed E-state index contributed by atoms with van der Waals surface area (Å²) in [7, 11) is 0. The average molecular weight is 342 g/mol. The molecule has 0 spiro atoms. The molecule has 3 nitrogen and oxygen atoms in total. The van der Waals surface area contributed by atoms with E-state index < -0.39 is 0 Å². The lowest BCUT2D eigenvalue weighted by atomic mass is 10.2. The van der Waals surface area contributed by atoms with E-state index >= 15 is 0 Å². The van der Waals surface area contributed by atoms with Gasteiger partial charge in [0.1, 0.15) is 5.82 Å². The molecule has 0 aliphatic heterocycles. The molecule has 1 saturated carbocycles. The molecule has 1 fully saturated rings. The zero-order valence-corrected chi connectivity index (χ0v) is 14.1. The van der Waals surface area contributed by atoms with Crippen LogP contribution in [-0.4, -0.2) is 14.8 Å². The standard InChI is InChI=1S/C18H16ClN3S/c19-15-6-4-5-13(11-15)12-23-18-21-20-17(14-9-10-14)22(18)16-7-2-1-3-8-16/h1-8,11,14H,9-10,12H2. The molecule has 3 aromatic rings. The van der Waals surface area contributed by atoms with Crippen LogP contribution in [0.2, 0.25) is 5.02 Å². The van der Waals surface area contributed by atoms with E-state index in [9.17, 15) is 0 Å². The van der Waals surface area contributed by atoms with Gasteiger partial charge in [-0.05, 0) is 42.7 Å². The van der Waals surface area contributed by atoms with Crippen molar-refractivity contribution in [1.29, 1.82) is 0 Å². The molecular formula is C18H16ClN3S. The summed E-state index contributed by atoms with van der Waals surface area (Å²) in [5.41, 5.74) is 2.33. The average Bonchev–Trinajstić information content (AvgIpc) is 3.33. The van der Waals surface area contributed by atoms with Crippen molar-refractivity contribution in [2.45, 2.75) is 29.7 Å². The molecule has 5 heteroatoms. The Kier molecular flexibility index (Phi) is 4.10. The summed E-state index contributed by atoms with van der Waals surface area (Å²) in [6.45, 7) is 0. The zero-order chi connectivity index (χ0) is 15.6. The summed E-state index contributed by atoms with van der Waals surface area (Å²) in [6.07, 6.45) is 2.42. The summed E-state index contributed by atoms with van der Waals surface area (Å²) >= 11 is 7.77. The highest BCUT2D eigenvalue weighted by atomic mass is 35.5. The van der Waals surface area contributed by atoms with E-state index in [1.165, 1.54) is 18.4 Å². The molecule has 1 aromatic heterocycles. The van der Waals surface area contributed by atoms with Crippen LogP contribution in [0, 0.1) is 0 Å². The van der Waals surface area contributed by atoms with Gasteiger partial charge in [-0.25, -0.2) is 0 Å². The van der Waals surface area contributed by atoms with Crippen molar-refractivity contribution < 1.29 is 0 Å². The molecule has 4 rings (SSSR count). The molecule has 23 heavy (non-hydrogen) atoms. The highest BCUT2D eigenvalue weighted by Gasteiger charge is 2.30. The molecule has 116 valence electrons. The van der Waals surface area contributed by atoms with Crippen molar-refractivity contribution in [3.8, 4) is 5.69 Å². The topological polar surface area (TPSA) is 30.7 Å². The lowest BCUT2D eigenvalue weighted by Gasteiger charge is -2.09. The highest BCUT2D eigenvalue weighted by Crippen LogP contribution is 2.41. The van der Waals surface area contributed by atoms with Gasteiger partial charge in [0, 0.05) is 22.4 Å². The van der Waals surface area contributed by atoms with Crippen LogP contribution < -0.4 is 0 Å². The van der Waals surface area contributed by atoms with Crippen LogP contribution in [0.5, 0.6) is 0 Å². The van der Waals surface area contributed by atoms with E-state index in [1.54, 1.807) is 11.8 Å². The van der Waals surface area contributed by atoms with E-state index in [2.05, 4.69) is 45.1 Å². The Labute approximate surface area is 144 Å². The first kappa shape index (κ1) is 14.8. The van der Waals surface area contributed by atoms with E-state index in [1.807, 2.05) is 24.3 Å². The lowest BCUT2D eigenvalue weighted by Crippen LogP contribution is -2.01. The fourth-order valence-corrected chi connectivity index (χ4v) is 3.69. The van der Waals surface area contributed by atoms with E-state index in [0.717, 1.165) is 27.4 Å². The first-order valence-electron chi connectivity index (χ1n) is 7.69. The van der Waals surface area contributed by atoms with Gasteiger partial charge < -0.3 is 0 Å². The first-order chi connectivity index (χ1) is 11.3. The Hall–Kier alpha value is -1.78. The van der Waals surface area contributed by atoms with E-state index in [-0.39, 0.29) is 0 Å². The summed E-state index contributed by atoms with van der Waals surface area (Å²) in [4.78, 5) is 0. The minimum absolute atomic E-state index is 0.559. The summed E-state index contributed by atoms with van der Waals surface area (Å²) in [5, 5.41) is 10.6. The third-order valence-corrected chi connectivity index (χ3v) is 5.11. The van der Waals surface area contributed by atoms with Crippen LogP contribution >= 0.6 is 23.4 Å².